The minimum atomic E-state index is -4.44. The molecule has 0 spiro atoms. The van der Waals surface area contributed by atoms with Crippen molar-refractivity contribution in [3.63, 3.8) is 0 Å². The number of aromatic amines is 1. The Labute approximate surface area is 117 Å². The van der Waals surface area contributed by atoms with E-state index >= 15 is 0 Å². The Hall–Kier alpha value is -2.50. The minimum Gasteiger partial charge on any atom is -0.305 e. The molecule has 3 aromatic rings. The molecule has 0 atom stereocenters. The number of alkyl halides is 3. The highest BCUT2D eigenvalue weighted by atomic mass is 19.4. The van der Waals surface area contributed by atoms with E-state index in [2.05, 4.69) is 4.98 Å². The minimum absolute atomic E-state index is 0.185. The molecule has 3 nitrogen and oxygen atoms in total. The summed E-state index contributed by atoms with van der Waals surface area (Å²) in [6, 6.07) is 10.0. The molecule has 0 bridgehead atoms. The third kappa shape index (κ3) is 2.33. The van der Waals surface area contributed by atoms with Gasteiger partial charge in [0.15, 0.2) is 0 Å². The normalized spacial score (nSPS) is 12.0. The Morgan fingerprint density at radius 1 is 1.10 bits per heavy atom. The molecule has 0 amide bonds. The zero-order valence-electron chi connectivity index (χ0n) is 11.0. The van der Waals surface area contributed by atoms with E-state index in [9.17, 15) is 18.0 Å². The number of aryl methyl sites for hydroxylation is 1. The third-order valence-corrected chi connectivity index (χ3v) is 3.27. The van der Waals surface area contributed by atoms with Crippen molar-refractivity contribution in [2.45, 2.75) is 13.1 Å². The molecular formula is C15H11F3N2O. The van der Waals surface area contributed by atoms with Crippen LogP contribution in [0.1, 0.15) is 11.1 Å². The number of hydrogen-bond acceptors (Lipinski definition) is 1. The molecule has 1 heterocycles. The molecule has 0 aliphatic rings. The molecule has 108 valence electrons. The lowest BCUT2D eigenvalue weighted by Gasteiger charge is -2.09. The molecule has 1 aromatic heterocycles. The lowest BCUT2D eigenvalue weighted by atomic mass is 10.2. The van der Waals surface area contributed by atoms with Crippen LogP contribution in [0.15, 0.2) is 47.3 Å². The van der Waals surface area contributed by atoms with Gasteiger partial charge in [-0.2, -0.15) is 13.2 Å². The van der Waals surface area contributed by atoms with Crippen molar-refractivity contribution in [3.8, 4) is 5.69 Å². The van der Waals surface area contributed by atoms with Gasteiger partial charge in [0.1, 0.15) is 0 Å². The summed E-state index contributed by atoms with van der Waals surface area (Å²) in [5, 5.41) is 0. The van der Waals surface area contributed by atoms with Crippen LogP contribution < -0.4 is 5.69 Å². The van der Waals surface area contributed by atoms with Gasteiger partial charge >= 0.3 is 11.9 Å². The molecule has 21 heavy (non-hydrogen) atoms. The molecule has 0 unspecified atom stereocenters. The van der Waals surface area contributed by atoms with E-state index in [1.54, 1.807) is 18.2 Å². The summed E-state index contributed by atoms with van der Waals surface area (Å²) in [5.41, 5.74) is 1.04. The zero-order chi connectivity index (χ0) is 15.2. The fourth-order valence-electron chi connectivity index (χ4n) is 2.30. The van der Waals surface area contributed by atoms with Gasteiger partial charge in [0.2, 0.25) is 0 Å². The summed E-state index contributed by atoms with van der Waals surface area (Å²) in [7, 11) is 0. The predicted molar refractivity (Wildman–Crippen MR) is 73.6 cm³/mol. The van der Waals surface area contributed by atoms with Gasteiger partial charge in [0.05, 0.1) is 22.3 Å². The number of nitrogens with zero attached hydrogens (tertiary/aromatic N) is 1. The van der Waals surface area contributed by atoms with Crippen LogP contribution in [0.2, 0.25) is 0 Å². The Kier molecular flexibility index (Phi) is 2.90. The Morgan fingerprint density at radius 2 is 1.86 bits per heavy atom. The molecule has 0 radical (unpaired) electrons. The topological polar surface area (TPSA) is 37.8 Å². The van der Waals surface area contributed by atoms with Crippen molar-refractivity contribution in [3.05, 3.63) is 64.1 Å². The summed E-state index contributed by atoms with van der Waals surface area (Å²) in [4.78, 5) is 14.7. The Balaban J connectivity index is 2.26. The van der Waals surface area contributed by atoms with Crippen LogP contribution >= 0.6 is 0 Å². The second kappa shape index (κ2) is 4.51. The zero-order valence-corrected chi connectivity index (χ0v) is 11.0. The van der Waals surface area contributed by atoms with Crippen molar-refractivity contribution < 1.29 is 13.2 Å². The maximum absolute atomic E-state index is 12.8. The first kappa shape index (κ1) is 13.5. The second-order valence-corrected chi connectivity index (χ2v) is 4.83. The van der Waals surface area contributed by atoms with Crippen molar-refractivity contribution in [2.75, 3.05) is 0 Å². The maximum Gasteiger partial charge on any atom is 0.416 e. The lowest BCUT2D eigenvalue weighted by molar-refractivity contribution is -0.137. The molecule has 0 saturated carbocycles. The summed E-state index contributed by atoms with van der Waals surface area (Å²) in [5.74, 6) is 0. The molecule has 0 fully saturated rings. The van der Waals surface area contributed by atoms with Crippen LogP contribution in [0, 0.1) is 6.92 Å². The molecule has 0 aliphatic carbocycles. The van der Waals surface area contributed by atoms with Gasteiger partial charge in [0.25, 0.3) is 0 Å². The number of rotatable bonds is 1. The van der Waals surface area contributed by atoms with Gasteiger partial charge in [-0.25, -0.2) is 4.79 Å². The van der Waals surface area contributed by atoms with Crippen LogP contribution in [0.3, 0.4) is 0 Å². The van der Waals surface area contributed by atoms with Crippen molar-refractivity contribution in [1.82, 2.24) is 9.55 Å². The molecule has 0 saturated heterocycles. The summed E-state index contributed by atoms with van der Waals surface area (Å²) >= 11 is 0. The summed E-state index contributed by atoms with van der Waals surface area (Å²) in [6.45, 7) is 1.87. The SMILES string of the molecule is Cc1ccc2c(c1)[nH]c(=O)n2-c1cccc(C(F)(F)F)c1. The monoisotopic (exact) mass is 292 g/mol. The maximum atomic E-state index is 12.8. The number of imidazole rings is 1. The van der Waals surface area contributed by atoms with Crippen molar-refractivity contribution in [2.24, 2.45) is 0 Å². The van der Waals surface area contributed by atoms with Gasteiger partial charge in [-0.3, -0.25) is 4.57 Å². The fourth-order valence-corrected chi connectivity index (χ4v) is 2.30. The average Bonchev–Trinajstić information content (AvgIpc) is 2.73. The van der Waals surface area contributed by atoms with Crippen LogP contribution in [-0.4, -0.2) is 9.55 Å². The van der Waals surface area contributed by atoms with E-state index < -0.39 is 17.4 Å². The largest absolute Gasteiger partial charge is 0.416 e. The van der Waals surface area contributed by atoms with E-state index in [0.29, 0.717) is 11.0 Å². The van der Waals surface area contributed by atoms with Crippen LogP contribution in [0.5, 0.6) is 0 Å². The number of aromatic nitrogens is 2. The number of nitrogens with one attached hydrogen (secondary N) is 1. The molecule has 2 aromatic carbocycles. The van der Waals surface area contributed by atoms with Crippen LogP contribution in [0.4, 0.5) is 13.2 Å². The molecular weight excluding hydrogens is 281 g/mol. The molecule has 1 N–H and O–H groups in total. The van der Waals surface area contributed by atoms with Crippen LogP contribution in [0.25, 0.3) is 16.7 Å². The van der Waals surface area contributed by atoms with E-state index in [1.165, 1.54) is 16.7 Å². The number of hydrogen-bond donors (Lipinski definition) is 1. The highest BCUT2D eigenvalue weighted by molar-refractivity contribution is 5.78. The van der Waals surface area contributed by atoms with E-state index in [1.807, 2.05) is 6.92 Å². The van der Waals surface area contributed by atoms with E-state index in [0.717, 1.165) is 17.7 Å². The quantitative estimate of drug-likeness (QED) is 0.730. The van der Waals surface area contributed by atoms with Crippen molar-refractivity contribution >= 4 is 11.0 Å². The van der Waals surface area contributed by atoms with Gasteiger partial charge in [0, 0.05) is 0 Å². The average molecular weight is 292 g/mol. The van der Waals surface area contributed by atoms with Gasteiger partial charge in [-0.05, 0) is 42.8 Å². The van der Waals surface area contributed by atoms with Gasteiger partial charge in [-0.15, -0.1) is 0 Å². The lowest BCUT2D eigenvalue weighted by Crippen LogP contribution is -2.15. The fraction of sp³-hybridized carbons (Fsp3) is 0.133. The number of fused-ring (bicyclic) bond motifs is 1. The summed E-state index contributed by atoms with van der Waals surface area (Å²) in [6.07, 6.45) is -4.44. The summed E-state index contributed by atoms with van der Waals surface area (Å²) < 4.78 is 39.6. The standard InChI is InChI=1S/C15H11F3N2O/c1-9-5-6-13-12(7-9)19-14(21)20(13)11-4-2-3-10(8-11)15(16,17)18/h2-8H,1H3,(H,19,21). The Bertz CT molecular complexity index is 874. The smallest absolute Gasteiger partial charge is 0.305 e. The predicted octanol–water partition coefficient (Wildman–Crippen LogP) is 3.65. The number of halogens is 3. The first-order valence-electron chi connectivity index (χ1n) is 6.25. The highest BCUT2D eigenvalue weighted by Gasteiger charge is 2.30. The van der Waals surface area contributed by atoms with E-state index in [4.69, 9.17) is 0 Å². The molecule has 6 heteroatoms. The highest BCUT2D eigenvalue weighted by Crippen LogP contribution is 2.30. The first-order chi connectivity index (χ1) is 9.86. The second-order valence-electron chi connectivity index (χ2n) is 4.83. The Morgan fingerprint density at radius 3 is 2.57 bits per heavy atom. The van der Waals surface area contributed by atoms with E-state index in [-0.39, 0.29) is 5.69 Å². The molecule has 0 aliphatic heterocycles. The van der Waals surface area contributed by atoms with Gasteiger partial charge in [-0.1, -0.05) is 12.1 Å². The van der Waals surface area contributed by atoms with Crippen LogP contribution in [-0.2, 0) is 6.18 Å². The van der Waals surface area contributed by atoms with Crippen molar-refractivity contribution in [1.29, 1.82) is 0 Å². The molecule has 3 rings (SSSR count). The third-order valence-electron chi connectivity index (χ3n) is 3.27. The number of H-pyrrole nitrogens is 1. The first-order valence-corrected chi connectivity index (χ1v) is 6.25. The number of benzene rings is 2. The van der Waals surface area contributed by atoms with Gasteiger partial charge < -0.3 is 4.98 Å².